The van der Waals surface area contributed by atoms with Gasteiger partial charge in [0.05, 0.1) is 0 Å². The summed E-state index contributed by atoms with van der Waals surface area (Å²) in [6.45, 7) is 11.1. The van der Waals surface area contributed by atoms with Gasteiger partial charge in [-0.2, -0.15) is 0 Å². The van der Waals surface area contributed by atoms with Crippen LogP contribution < -0.4 is 0 Å². The molecule has 0 aromatic heterocycles. The van der Waals surface area contributed by atoms with Crippen LogP contribution in [0.1, 0.15) is 64.2 Å². The van der Waals surface area contributed by atoms with Crippen molar-refractivity contribution in [1.29, 1.82) is 0 Å². The molecule has 1 aliphatic rings. The lowest BCUT2D eigenvalue weighted by molar-refractivity contribution is 0.0747. The van der Waals surface area contributed by atoms with Gasteiger partial charge in [-0.1, -0.05) is 34.1 Å². The lowest BCUT2D eigenvalue weighted by atomic mass is 10.2. The van der Waals surface area contributed by atoms with Gasteiger partial charge >= 0.3 is 0 Å². The van der Waals surface area contributed by atoms with Gasteiger partial charge in [0.1, 0.15) is 5.82 Å². The van der Waals surface area contributed by atoms with Crippen LogP contribution in [0.25, 0.3) is 0 Å². The van der Waals surface area contributed by atoms with Gasteiger partial charge in [0.15, 0.2) is 0 Å². The number of carbonyl (C=O) groups is 1. The summed E-state index contributed by atoms with van der Waals surface area (Å²) < 4.78 is 12.7. The number of hydrogen-bond donors (Lipinski definition) is 0. The zero-order valence-corrected chi connectivity index (χ0v) is 13.4. The smallest absolute Gasteiger partial charge is 0.254 e. The summed E-state index contributed by atoms with van der Waals surface area (Å²) >= 11 is 0. The lowest BCUT2D eigenvalue weighted by Crippen LogP contribution is -2.33. The molecule has 1 aromatic carbocycles. The van der Waals surface area contributed by atoms with Crippen molar-refractivity contribution in [1.82, 2.24) is 4.90 Å². The van der Waals surface area contributed by atoms with E-state index < -0.39 is 0 Å². The first-order valence-electron chi connectivity index (χ1n) is 7.66. The van der Waals surface area contributed by atoms with E-state index in [1.165, 1.54) is 18.6 Å². The Bertz CT molecular complexity index is 375. The van der Waals surface area contributed by atoms with E-state index in [1.54, 1.807) is 12.1 Å². The number of likely N-dealkylation sites (tertiary alicyclic amines) is 1. The molecule has 0 aliphatic carbocycles. The maximum Gasteiger partial charge on any atom is 0.254 e. The molecule has 1 amide bonds. The van der Waals surface area contributed by atoms with E-state index in [-0.39, 0.29) is 11.7 Å². The Morgan fingerprint density at radius 1 is 1.25 bits per heavy atom. The molecule has 0 bridgehead atoms. The molecule has 1 aromatic rings. The van der Waals surface area contributed by atoms with Gasteiger partial charge in [-0.05, 0) is 44.0 Å². The van der Waals surface area contributed by atoms with Crippen molar-refractivity contribution in [2.24, 2.45) is 0 Å². The van der Waals surface area contributed by atoms with E-state index in [0.717, 1.165) is 19.4 Å². The largest absolute Gasteiger partial charge is 0.336 e. The third-order valence-electron chi connectivity index (χ3n) is 2.91. The second-order valence-electron chi connectivity index (χ2n) is 4.70. The van der Waals surface area contributed by atoms with Crippen molar-refractivity contribution in [2.75, 3.05) is 6.54 Å². The molecule has 2 nitrogen and oxygen atoms in total. The Balaban J connectivity index is 0.000000641. The Labute approximate surface area is 123 Å². The van der Waals surface area contributed by atoms with Crippen LogP contribution in [-0.2, 0) is 0 Å². The van der Waals surface area contributed by atoms with Crippen molar-refractivity contribution < 1.29 is 9.18 Å². The molecule has 1 atom stereocenters. The highest BCUT2D eigenvalue weighted by molar-refractivity contribution is 5.94. The zero-order valence-electron chi connectivity index (χ0n) is 13.4. The second-order valence-corrected chi connectivity index (χ2v) is 4.70. The maximum absolute atomic E-state index is 12.7. The minimum atomic E-state index is -0.305. The molecule has 0 N–H and O–H groups in total. The summed E-state index contributed by atoms with van der Waals surface area (Å²) in [7, 11) is 0. The van der Waals surface area contributed by atoms with Crippen LogP contribution in [0.5, 0.6) is 0 Å². The maximum atomic E-state index is 12.7. The van der Waals surface area contributed by atoms with Crippen molar-refractivity contribution in [3.05, 3.63) is 35.6 Å². The molecule has 20 heavy (non-hydrogen) atoms. The molecule has 1 aliphatic heterocycles. The Kier molecular flexibility index (Phi) is 9.69. The molecule has 0 spiro atoms. The third kappa shape index (κ3) is 5.72. The highest BCUT2D eigenvalue weighted by atomic mass is 19.1. The molecular formula is C17H28FNO. The molecule has 1 heterocycles. The van der Waals surface area contributed by atoms with Crippen LogP contribution in [0.3, 0.4) is 0 Å². The monoisotopic (exact) mass is 281 g/mol. The molecule has 1 fully saturated rings. The van der Waals surface area contributed by atoms with Crippen molar-refractivity contribution >= 4 is 5.91 Å². The van der Waals surface area contributed by atoms with E-state index in [1.807, 2.05) is 18.7 Å². The van der Waals surface area contributed by atoms with Gasteiger partial charge in [0.2, 0.25) is 0 Å². The minimum absolute atomic E-state index is 0.0139. The average molecular weight is 281 g/mol. The molecular weight excluding hydrogens is 253 g/mol. The fourth-order valence-electron chi connectivity index (χ4n) is 1.99. The molecule has 0 radical (unpaired) electrons. The van der Waals surface area contributed by atoms with Gasteiger partial charge in [0, 0.05) is 18.2 Å². The van der Waals surface area contributed by atoms with Crippen LogP contribution in [0, 0.1) is 5.82 Å². The summed E-state index contributed by atoms with van der Waals surface area (Å²) in [4.78, 5) is 13.8. The lowest BCUT2D eigenvalue weighted by Gasteiger charge is -2.21. The highest BCUT2D eigenvalue weighted by Gasteiger charge is 2.25. The van der Waals surface area contributed by atoms with Crippen LogP contribution in [0.15, 0.2) is 24.3 Å². The first-order chi connectivity index (χ1) is 9.60. The number of nitrogens with zero attached hydrogens (tertiary/aromatic N) is 1. The summed E-state index contributed by atoms with van der Waals surface area (Å²) in [5.41, 5.74) is 0.574. The van der Waals surface area contributed by atoms with Gasteiger partial charge in [0.25, 0.3) is 5.91 Å². The number of hydrogen-bond acceptors (Lipinski definition) is 1. The summed E-state index contributed by atoms with van der Waals surface area (Å²) in [5.74, 6) is -0.291. The fraction of sp³-hybridized carbons (Fsp3) is 0.588. The van der Waals surface area contributed by atoms with Crippen molar-refractivity contribution in [3.8, 4) is 0 Å². The average Bonchev–Trinajstić information content (AvgIpc) is 2.88. The van der Waals surface area contributed by atoms with Gasteiger partial charge in [-0.25, -0.2) is 4.39 Å². The molecule has 114 valence electrons. The Hall–Kier alpha value is -1.38. The molecule has 3 heteroatoms. The third-order valence-corrected chi connectivity index (χ3v) is 2.91. The van der Waals surface area contributed by atoms with Crippen LogP contribution in [0.2, 0.25) is 0 Å². The number of carbonyl (C=O) groups excluding carboxylic acids is 1. The summed E-state index contributed by atoms with van der Waals surface area (Å²) in [6.07, 6.45) is 3.38. The minimum Gasteiger partial charge on any atom is -0.336 e. The Morgan fingerprint density at radius 3 is 2.15 bits per heavy atom. The van der Waals surface area contributed by atoms with E-state index >= 15 is 0 Å². The van der Waals surface area contributed by atoms with Gasteiger partial charge in [-0.15, -0.1) is 0 Å². The predicted octanol–water partition coefficient (Wildman–Crippen LogP) is 4.89. The summed E-state index contributed by atoms with van der Waals surface area (Å²) in [6, 6.07) is 6.05. The van der Waals surface area contributed by atoms with Crippen LogP contribution >= 0.6 is 0 Å². The quantitative estimate of drug-likeness (QED) is 0.717. The van der Waals surface area contributed by atoms with Crippen molar-refractivity contribution in [2.45, 2.75) is 59.9 Å². The van der Waals surface area contributed by atoms with E-state index in [9.17, 15) is 9.18 Å². The molecule has 1 saturated heterocycles. The topological polar surface area (TPSA) is 20.3 Å². The zero-order chi connectivity index (χ0) is 15.5. The number of halogens is 1. The van der Waals surface area contributed by atoms with E-state index in [0.29, 0.717) is 11.6 Å². The standard InChI is InChI=1S/C12H14FNO.C3H8.C2H6/c1-9-3-2-8-14(9)12(15)10-4-6-11(13)7-5-10;1-3-2;1-2/h4-7,9H,2-3,8H2,1H3;3H2,1-2H3;1-2H3. The normalized spacial score (nSPS) is 16.7. The van der Waals surface area contributed by atoms with E-state index in [4.69, 9.17) is 0 Å². The first kappa shape index (κ1) is 18.6. The van der Waals surface area contributed by atoms with Gasteiger partial charge in [-0.3, -0.25) is 4.79 Å². The highest BCUT2D eigenvalue weighted by Crippen LogP contribution is 2.19. The number of benzene rings is 1. The van der Waals surface area contributed by atoms with Crippen molar-refractivity contribution in [3.63, 3.8) is 0 Å². The first-order valence-corrected chi connectivity index (χ1v) is 7.66. The second kappa shape index (κ2) is 10.4. The van der Waals surface area contributed by atoms with Crippen LogP contribution in [-0.4, -0.2) is 23.4 Å². The molecule has 1 unspecified atom stereocenters. The predicted molar refractivity (Wildman–Crippen MR) is 83.4 cm³/mol. The number of rotatable bonds is 1. The molecule has 0 saturated carbocycles. The summed E-state index contributed by atoms with van der Waals surface area (Å²) in [5, 5.41) is 0. The Morgan fingerprint density at radius 2 is 1.75 bits per heavy atom. The number of amides is 1. The van der Waals surface area contributed by atoms with Gasteiger partial charge < -0.3 is 4.90 Å². The SMILES string of the molecule is CC.CC1CCCN1C(=O)c1ccc(F)cc1.CCC. The van der Waals surface area contributed by atoms with E-state index in [2.05, 4.69) is 20.8 Å². The molecule has 2 rings (SSSR count). The van der Waals surface area contributed by atoms with Crippen LogP contribution in [0.4, 0.5) is 4.39 Å². The fourth-order valence-corrected chi connectivity index (χ4v) is 1.99.